The molecule has 120 valence electrons. The molecular formula is C18H19ClN2O2. The van der Waals surface area contributed by atoms with Crippen LogP contribution in [0.4, 0.5) is 0 Å². The van der Waals surface area contributed by atoms with Crippen molar-refractivity contribution in [3.05, 3.63) is 64.7 Å². The number of nitrogens with two attached hydrogens (primary N) is 1. The van der Waals surface area contributed by atoms with Crippen LogP contribution in [0.1, 0.15) is 17.5 Å². The smallest absolute Gasteiger partial charge is 0.234 e. The van der Waals surface area contributed by atoms with Crippen LogP contribution < -0.4 is 10.5 Å². The number of ether oxygens (including phenoxy) is 1. The fourth-order valence-electron chi connectivity index (χ4n) is 2.63. The summed E-state index contributed by atoms with van der Waals surface area (Å²) in [7, 11) is 0. The minimum absolute atomic E-state index is 0.115. The molecule has 0 spiro atoms. The van der Waals surface area contributed by atoms with Gasteiger partial charge in [-0.15, -0.1) is 0 Å². The first-order valence-electron chi connectivity index (χ1n) is 7.61. The molecule has 2 aromatic carbocycles. The average molecular weight is 331 g/mol. The number of benzene rings is 2. The van der Waals surface area contributed by atoms with Gasteiger partial charge >= 0.3 is 0 Å². The van der Waals surface area contributed by atoms with Crippen LogP contribution >= 0.6 is 11.6 Å². The first-order valence-corrected chi connectivity index (χ1v) is 7.99. The van der Waals surface area contributed by atoms with E-state index in [1.165, 1.54) is 0 Å². The van der Waals surface area contributed by atoms with Gasteiger partial charge in [-0.25, -0.2) is 0 Å². The van der Waals surface area contributed by atoms with Crippen molar-refractivity contribution in [3.63, 3.8) is 0 Å². The maximum atomic E-state index is 11.2. The predicted molar refractivity (Wildman–Crippen MR) is 90.2 cm³/mol. The van der Waals surface area contributed by atoms with Gasteiger partial charge in [-0.3, -0.25) is 9.69 Å². The number of amides is 1. The number of halogens is 1. The van der Waals surface area contributed by atoms with E-state index in [-0.39, 0.29) is 11.9 Å². The maximum absolute atomic E-state index is 11.2. The van der Waals surface area contributed by atoms with Crippen molar-refractivity contribution in [1.29, 1.82) is 0 Å². The van der Waals surface area contributed by atoms with Crippen molar-refractivity contribution >= 4 is 17.5 Å². The molecule has 2 N–H and O–H groups in total. The van der Waals surface area contributed by atoms with Crippen LogP contribution in [0.3, 0.4) is 0 Å². The summed E-state index contributed by atoms with van der Waals surface area (Å²) in [6, 6.07) is 15.4. The predicted octanol–water partition coefficient (Wildman–Crippen LogP) is 2.98. The second-order valence-electron chi connectivity index (χ2n) is 5.74. The molecule has 1 atom stereocenters. The lowest BCUT2D eigenvalue weighted by atomic mass is 10.0. The standard InChI is InChI=1S/C18H19ClN2O2/c19-15-5-1-14(2-6-15)12-23-16-7-3-13(4-8-16)11-21-10-9-17(21)18(20)22/h1-8,17H,9-12H2,(H2,20,22). The lowest BCUT2D eigenvalue weighted by Crippen LogP contribution is -2.54. The summed E-state index contributed by atoms with van der Waals surface area (Å²) in [4.78, 5) is 13.3. The van der Waals surface area contributed by atoms with Gasteiger partial charge in [0.1, 0.15) is 12.4 Å². The average Bonchev–Trinajstić information content (AvgIpc) is 2.51. The topological polar surface area (TPSA) is 55.6 Å². The van der Waals surface area contributed by atoms with Crippen molar-refractivity contribution < 1.29 is 9.53 Å². The van der Waals surface area contributed by atoms with Crippen molar-refractivity contribution in [2.24, 2.45) is 5.73 Å². The molecule has 1 unspecified atom stereocenters. The van der Waals surface area contributed by atoms with E-state index in [2.05, 4.69) is 4.90 Å². The third-order valence-electron chi connectivity index (χ3n) is 4.09. The van der Waals surface area contributed by atoms with Crippen molar-refractivity contribution in [2.45, 2.75) is 25.6 Å². The van der Waals surface area contributed by atoms with Crippen LogP contribution in [0.5, 0.6) is 5.75 Å². The third kappa shape index (κ3) is 4.03. The summed E-state index contributed by atoms with van der Waals surface area (Å²) >= 11 is 5.86. The second-order valence-corrected chi connectivity index (χ2v) is 6.17. The van der Waals surface area contributed by atoms with E-state index in [0.29, 0.717) is 6.61 Å². The Balaban J connectivity index is 1.53. The van der Waals surface area contributed by atoms with Gasteiger partial charge in [-0.1, -0.05) is 35.9 Å². The Morgan fingerprint density at radius 1 is 1.13 bits per heavy atom. The summed E-state index contributed by atoms with van der Waals surface area (Å²) in [5.74, 6) is 0.581. The summed E-state index contributed by atoms with van der Waals surface area (Å²) in [5.41, 5.74) is 7.58. The van der Waals surface area contributed by atoms with Crippen LogP contribution in [0.15, 0.2) is 48.5 Å². The Hall–Kier alpha value is -2.04. The van der Waals surface area contributed by atoms with Crippen LogP contribution in [-0.4, -0.2) is 23.4 Å². The molecule has 0 aromatic heterocycles. The summed E-state index contributed by atoms with van der Waals surface area (Å²) in [6.45, 7) is 2.17. The zero-order chi connectivity index (χ0) is 16.2. The van der Waals surface area contributed by atoms with Gasteiger partial charge in [0.2, 0.25) is 5.91 Å². The first kappa shape index (κ1) is 15.8. The summed E-state index contributed by atoms with van der Waals surface area (Å²) in [5, 5.41) is 0.721. The molecule has 1 aliphatic rings. The molecule has 0 radical (unpaired) electrons. The highest BCUT2D eigenvalue weighted by Crippen LogP contribution is 2.22. The minimum atomic E-state index is -0.237. The number of rotatable bonds is 6. The van der Waals surface area contributed by atoms with Crippen LogP contribution in [0, 0.1) is 0 Å². The van der Waals surface area contributed by atoms with Crippen LogP contribution in [-0.2, 0) is 17.9 Å². The zero-order valence-electron chi connectivity index (χ0n) is 12.7. The van der Waals surface area contributed by atoms with Crippen molar-refractivity contribution in [1.82, 2.24) is 4.90 Å². The Bertz CT molecular complexity index is 670. The fraction of sp³-hybridized carbons (Fsp3) is 0.278. The molecular weight excluding hydrogens is 312 g/mol. The molecule has 4 nitrogen and oxygen atoms in total. The highest BCUT2D eigenvalue weighted by atomic mass is 35.5. The highest BCUT2D eigenvalue weighted by molar-refractivity contribution is 6.30. The number of primary amides is 1. The van der Waals surface area contributed by atoms with Gasteiger partial charge in [0, 0.05) is 18.1 Å². The van der Waals surface area contributed by atoms with Gasteiger partial charge in [0.15, 0.2) is 0 Å². The molecule has 1 aliphatic heterocycles. The monoisotopic (exact) mass is 330 g/mol. The zero-order valence-corrected chi connectivity index (χ0v) is 13.5. The van der Waals surface area contributed by atoms with Gasteiger partial charge in [-0.2, -0.15) is 0 Å². The number of likely N-dealkylation sites (tertiary alicyclic amines) is 1. The SMILES string of the molecule is NC(=O)C1CCN1Cc1ccc(OCc2ccc(Cl)cc2)cc1. The molecule has 1 saturated heterocycles. The fourth-order valence-corrected chi connectivity index (χ4v) is 2.75. The number of carbonyl (C=O) groups is 1. The molecule has 23 heavy (non-hydrogen) atoms. The molecule has 0 bridgehead atoms. The Morgan fingerprint density at radius 2 is 1.78 bits per heavy atom. The maximum Gasteiger partial charge on any atom is 0.234 e. The quantitative estimate of drug-likeness (QED) is 0.886. The van der Waals surface area contributed by atoms with E-state index >= 15 is 0 Å². The van der Waals surface area contributed by atoms with Crippen LogP contribution in [0.25, 0.3) is 0 Å². The molecule has 1 fully saturated rings. The number of hydrogen-bond donors (Lipinski definition) is 1. The highest BCUT2D eigenvalue weighted by Gasteiger charge is 2.32. The first-order chi connectivity index (χ1) is 11.1. The van der Waals surface area contributed by atoms with E-state index in [9.17, 15) is 4.79 Å². The lowest BCUT2D eigenvalue weighted by molar-refractivity contribution is -0.127. The Morgan fingerprint density at radius 3 is 2.35 bits per heavy atom. The molecule has 0 aliphatic carbocycles. The minimum Gasteiger partial charge on any atom is -0.489 e. The Labute approximate surface area is 140 Å². The summed E-state index contributed by atoms with van der Waals surface area (Å²) in [6.07, 6.45) is 0.859. The van der Waals surface area contributed by atoms with E-state index in [0.717, 1.165) is 41.4 Å². The van der Waals surface area contributed by atoms with E-state index in [4.69, 9.17) is 22.1 Å². The third-order valence-corrected chi connectivity index (χ3v) is 4.34. The van der Waals surface area contributed by atoms with E-state index < -0.39 is 0 Å². The molecule has 0 saturated carbocycles. The van der Waals surface area contributed by atoms with Gasteiger partial charge in [0.05, 0.1) is 6.04 Å². The number of hydrogen-bond acceptors (Lipinski definition) is 3. The molecule has 1 heterocycles. The number of carbonyl (C=O) groups excluding carboxylic acids is 1. The largest absolute Gasteiger partial charge is 0.489 e. The van der Waals surface area contributed by atoms with Crippen LogP contribution in [0.2, 0.25) is 5.02 Å². The Kier molecular flexibility index (Phi) is 4.84. The van der Waals surface area contributed by atoms with Gasteiger partial charge < -0.3 is 10.5 Å². The molecule has 1 amide bonds. The van der Waals surface area contributed by atoms with Gasteiger partial charge in [0.25, 0.3) is 0 Å². The van der Waals surface area contributed by atoms with Crippen molar-refractivity contribution in [3.8, 4) is 5.75 Å². The summed E-state index contributed by atoms with van der Waals surface area (Å²) < 4.78 is 5.76. The molecule has 3 rings (SSSR count). The lowest BCUT2D eigenvalue weighted by Gasteiger charge is -2.38. The van der Waals surface area contributed by atoms with Gasteiger partial charge in [-0.05, 0) is 41.8 Å². The van der Waals surface area contributed by atoms with E-state index in [1.54, 1.807) is 0 Å². The van der Waals surface area contributed by atoms with Crippen molar-refractivity contribution in [2.75, 3.05) is 6.54 Å². The van der Waals surface area contributed by atoms with E-state index in [1.807, 2.05) is 48.5 Å². The number of nitrogens with zero attached hydrogens (tertiary/aromatic N) is 1. The normalized spacial score (nSPS) is 17.5. The second kappa shape index (κ2) is 7.02. The molecule has 5 heteroatoms. The molecule has 2 aromatic rings.